The second-order valence-electron chi connectivity index (χ2n) is 3.26. The molecule has 2 heteroatoms. The number of aryl methyl sites for hydroxylation is 1. The second kappa shape index (κ2) is 7.92. The molecule has 15 heavy (non-hydrogen) atoms. The molecule has 0 bridgehead atoms. The molecular formula is C13H19NO. The van der Waals surface area contributed by atoms with E-state index in [1.807, 2.05) is 26.0 Å². The van der Waals surface area contributed by atoms with E-state index in [4.69, 9.17) is 0 Å². The van der Waals surface area contributed by atoms with Crippen molar-refractivity contribution in [2.45, 2.75) is 34.1 Å². The van der Waals surface area contributed by atoms with Gasteiger partial charge in [0.1, 0.15) is 6.29 Å². The van der Waals surface area contributed by atoms with E-state index in [1.54, 1.807) is 12.3 Å². The van der Waals surface area contributed by atoms with Crippen molar-refractivity contribution < 1.29 is 4.79 Å². The first kappa shape index (κ1) is 13.6. The number of carbonyl (C=O) groups excluding carboxylic acids is 1. The van der Waals surface area contributed by atoms with Crippen LogP contribution in [0.3, 0.4) is 0 Å². The summed E-state index contributed by atoms with van der Waals surface area (Å²) in [5.41, 5.74) is 2.51. The minimum absolute atomic E-state index is 0.683. The number of aromatic nitrogens is 1. The van der Waals surface area contributed by atoms with Gasteiger partial charge in [-0.2, -0.15) is 0 Å². The summed E-state index contributed by atoms with van der Waals surface area (Å²) in [6, 6.07) is 3.79. The van der Waals surface area contributed by atoms with Gasteiger partial charge in [0.15, 0.2) is 0 Å². The molecule has 0 radical (unpaired) electrons. The molecule has 1 aromatic heterocycles. The predicted molar refractivity (Wildman–Crippen MR) is 64.7 cm³/mol. The van der Waals surface area contributed by atoms with E-state index in [9.17, 15) is 4.79 Å². The van der Waals surface area contributed by atoms with Gasteiger partial charge in [-0.3, -0.25) is 9.78 Å². The quantitative estimate of drug-likeness (QED) is 0.547. The van der Waals surface area contributed by atoms with Gasteiger partial charge >= 0.3 is 0 Å². The standard InChI is InChI=1S/C10H11NO.C3H8/c1-3-9(7-12)10-5-4-8(2)11-6-10;1-3-2/h3-7H,1-2H3;3H2,1-2H3/b9-3-;. The third-order valence-electron chi connectivity index (χ3n) is 1.68. The Morgan fingerprint density at radius 1 is 1.40 bits per heavy atom. The Balaban J connectivity index is 0.000000583. The maximum absolute atomic E-state index is 10.5. The normalized spacial score (nSPS) is 10.3. The van der Waals surface area contributed by atoms with Gasteiger partial charge in [-0.25, -0.2) is 0 Å². The Labute approximate surface area is 92.0 Å². The largest absolute Gasteiger partial charge is 0.298 e. The highest BCUT2D eigenvalue weighted by Gasteiger charge is 1.97. The molecule has 82 valence electrons. The number of rotatable bonds is 2. The number of aldehydes is 1. The van der Waals surface area contributed by atoms with Gasteiger partial charge in [0.2, 0.25) is 0 Å². The zero-order chi connectivity index (χ0) is 11.7. The van der Waals surface area contributed by atoms with Crippen LogP contribution >= 0.6 is 0 Å². The van der Waals surface area contributed by atoms with Gasteiger partial charge in [-0.05, 0) is 19.9 Å². The SMILES string of the molecule is C/C=C(/C=O)c1ccc(C)nc1.CCC. The fraction of sp³-hybridized carbons (Fsp3) is 0.385. The molecule has 1 aromatic rings. The topological polar surface area (TPSA) is 30.0 Å². The number of pyridine rings is 1. The van der Waals surface area contributed by atoms with Crippen LogP contribution < -0.4 is 0 Å². The van der Waals surface area contributed by atoms with Crippen LogP contribution in [0.1, 0.15) is 38.4 Å². The van der Waals surface area contributed by atoms with Crippen LogP contribution in [0.5, 0.6) is 0 Å². The van der Waals surface area contributed by atoms with Crippen molar-refractivity contribution in [3.63, 3.8) is 0 Å². The van der Waals surface area contributed by atoms with Gasteiger partial charge < -0.3 is 0 Å². The number of carbonyl (C=O) groups is 1. The molecule has 0 atom stereocenters. The molecule has 0 saturated carbocycles. The Morgan fingerprint density at radius 2 is 2.00 bits per heavy atom. The van der Waals surface area contributed by atoms with E-state index in [0.717, 1.165) is 17.5 Å². The Hall–Kier alpha value is -1.44. The molecule has 0 unspecified atom stereocenters. The lowest BCUT2D eigenvalue weighted by molar-refractivity contribution is -0.103. The predicted octanol–water partition coefficient (Wildman–Crippen LogP) is 3.41. The van der Waals surface area contributed by atoms with Crippen LogP contribution in [0.4, 0.5) is 0 Å². The average molecular weight is 205 g/mol. The van der Waals surface area contributed by atoms with Crippen LogP contribution in [0.25, 0.3) is 5.57 Å². The van der Waals surface area contributed by atoms with Gasteiger partial charge in [0.05, 0.1) is 0 Å². The maximum atomic E-state index is 10.5. The van der Waals surface area contributed by atoms with Crippen molar-refractivity contribution >= 4 is 11.9 Å². The summed E-state index contributed by atoms with van der Waals surface area (Å²) in [6.07, 6.45) is 5.57. The van der Waals surface area contributed by atoms with E-state index in [2.05, 4.69) is 18.8 Å². The second-order valence-corrected chi connectivity index (χ2v) is 3.26. The molecule has 0 aliphatic carbocycles. The van der Waals surface area contributed by atoms with Crippen molar-refractivity contribution in [3.05, 3.63) is 35.7 Å². The first-order chi connectivity index (χ1) is 7.19. The van der Waals surface area contributed by atoms with Crippen molar-refractivity contribution in [2.24, 2.45) is 0 Å². The minimum atomic E-state index is 0.683. The van der Waals surface area contributed by atoms with Crippen molar-refractivity contribution in [1.29, 1.82) is 0 Å². The fourth-order valence-corrected chi connectivity index (χ4v) is 0.941. The van der Waals surface area contributed by atoms with Crippen LogP contribution in [0.2, 0.25) is 0 Å². The van der Waals surface area contributed by atoms with E-state index < -0.39 is 0 Å². The third-order valence-corrected chi connectivity index (χ3v) is 1.68. The van der Waals surface area contributed by atoms with Crippen LogP contribution in [0.15, 0.2) is 24.4 Å². The highest BCUT2D eigenvalue weighted by Crippen LogP contribution is 2.10. The first-order valence-corrected chi connectivity index (χ1v) is 5.24. The smallest absolute Gasteiger partial charge is 0.150 e. The molecule has 0 amide bonds. The fourth-order valence-electron chi connectivity index (χ4n) is 0.941. The Kier molecular flexibility index (Phi) is 7.16. The van der Waals surface area contributed by atoms with Gasteiger partial charge in [-0.1, -0.05) is 32.4 Å². The molecule has 0 N–H and O–H groups in total. The van der Waals surface area contributed by atoms with Crippen molar-refractivity contribution in [3.8, 4) is 0 Å². The molecule has 2 nitrogen and oxygen atoms in total. The highest BCUT2D eigenvalue weighted by molar-refractivity contribution is 6.06. The molecule has 0 saturated heterocycles. The highest BCUT2D eigenvalue weighted by atomic mass is 16.1. The number of hydrogen-bond donors (Lipinski definition) is 0. The van der Waals surface area contributed by atoms with Gasteiger partial charge in [-0.15, -0.1) is 0 Å². The van der Waals surface area contributed by atoms with Crippen LogP contribution in [0, 0.1) is 6.92 Å². The lowest BCUT2D eigenvalue weighted by Gasteiger charge is -1.98. The molecule has 0 aromatic carbocycles. The zero-order valence-corrected chi connectivity index (χ0v) is 9.95. The average Bonchev–Trinajstić information content (AvgIpc) is 2.24. The lowest BCUT2D eigenvalue weighted by Crippen LogP contribution is -1.87. The lowest BCUT2D eigenvalue weighted by atomic mass is 10.1. The van der Waals surface area contributed by atoms with E-state index >= 15 is 0 Å². The minimum Gasteiger partial charge on any atom is -0.298 e. The molecule has 0 fully saturated rings. The molecular weight excluding hydrogens is 186 g/mol. The zero-order valence-electron chi connectivity index (χ0n) is 9.95. The monoisotopic (exact) mass is 205 g/mol. The van der Waals surface area contributed by atoms with E-state index in [1.165, 1.54) is 6.42 Å². The van der Waals surface area contributed by atoms with Crippen molar-refractivity contribution in [2.75, 3.05) is 0 Å². The molecule has 1 rings (SSSR count). The maximum Gasteiger partial charge on any atom is 0.150 e. The third kappa shape index (κ3) is 5.11. The molecule has 0 spiro atoms. The van der Waals surface area contributed by atoms with Gasteiger partial charge in [0.25, 0.3) is 0 Å². The summed E-state index contributed by atoms with van der Waals surface area (Å²) in [4.78, 5) is 14.6. The number of nitrogens with zero attached hydrogens (tertiary/aromatic N) is 1. The number of hydrogen-bond acceptors (Lipinski definition) is 2. The van der Waals surface area contributed by atoms with E-state index in [-0.39, 0.29) is 0 Å². The summed E-state index contributed by atoms with van der Waals surface area (Å²) < 4.78 is 0. The van der Waals surface area contributed by atoms with Gasteiger partial charge in [0, 0.05) is 23.0 Å². The summed E-state index contributed by atoms with van der Waals surface area (Å²) in [5.74, 6) is 0. The van der Waals surface area contributed by atoms with Crippen LogP contribution in [-0.4, -0.2) is 11.3 Å². The molecule has 1 heterocycles. The summed E-state index contributed by atoms with van der Waals surface area (Å²) in [7, 11) is 0. The number of allylic oxidation sites excluding steroid dienone is 2. The first-order valence-electron chi connectivity index (χ1n) is 5.24. The Bertz CT molecular complexity index is 312. The summed E-state index contributed by atoms with van der Waals surface area (Å²) in [5, 5.41) is 0. The molecule has 0 aliphatic heterocycles. The molecule has 0 aliphatic rings. The Morgan fingerprint density at radius 3 is 2.33 bits per heavy atom. The van der Waals surface area contributed by atoms with Crippen LogP contribution in [-0.2, 0) is 4.79 Å². The summed E-state index contributed by atoms with van der Waals surface area (Å²) in [6.45, 7) is 8.00. The summed E-state index contributed by atoms with van der Waals surface area (Å²) >= 11 is 0. The van der Waals surface area contributed by atoms with E-state index in [0.29, 0.717) is 5.57 Å². The van der Waals surface area contributed by atoms with Crippen molar-refractivity contribution in [1.82, 2.24) is 4.98 Å².